The van der Waals surface area contributed by atoms with Crippen LogP contribution in [0.4, 0.5) is 0 Å². The molecule has 0 radical (unpaired) electrons. The van der Waals surface area contributed by atoms with Crippen molar-refractivity contribution in [3.05, 3.63) is 47.5 Å². The van der Waals surface area contributed by atoms with Gasteiger partial charge in [-0.25, -0.2) is 0 Å². The quantitative estimate of drug-likeness (QED) is 0.632. The van der Waals surface area contributed by atoms with E-state index in [0.29, 0.717) is 0 Å². The molecule has 78 valence electrons. The Bertz CT molecular complexity index is 643. The largest absolute Gasteiger partial charge is 0.147 e. The molecule has 0 spiro atoms. The molecule has 0 unspecified atom stereocenters. The minimum atomic E-state index is 0.989. The van der Waals surface area contributed by atoms with Crippen molar-refractivity contribution in [2.75, 3.05) is 0 Å². The van der Waals surface area contributed by atoms with Gasteiger partial charge in [-0.15, -0.1) is 10.2 Å². The average Bonchev–Trinajstić information content (AvgIpc) is 2.75. The maximum absolute atomic E-state index is 4.16. The predicted molar refractivity (Wildman–Crippen MR) is 67.6 cm³/mol. The van der Waals surface area contributed by atoms with E-state index in [9.17, 15) is 0 Å². The van der Waals surface area contributed by atoms with Crippen molar-refractivity contribution in [2.45, 2.75) is 6.92 Å². The number of fused-ring (bicyclic) bond motifs is 1. The van der Waals surface area contributed by atoms with Crippen LogP contribution in [0, 0.1) is 6.92 Å². The minimum absolute atomic E-state index is 0.989. The molecule has 0 N–H and O–H groups in total. The Morgan fingerprint density at radius 2 is 1.75 bits per heavy atom. The highest BCUT2D eigenvalue weighted by molar-refractivity contribution is 7.14. The highest BCUT2D eigenvalue weighted by Crippen LogP contribution is 2.26. The maximum Gasteiger partial charge on any atom is 0.147 e. The number of aromatic nitrogens is 2. The van der Waals surface area contributed by atoms with Gasteiger partial charge in [0.2, 0.25) is 0 Å². The fraction of sp³-hybridized carbons (Fsp3) is 0.0769. The van der Waals surface area contributed by atoms with Gasteiger partial charge < -0.3 is 0 Å². The number of rotatable bonds is 1. The lowest BCUT2D eigenvalue weighted by molar-refractivity contribution is 1.05. The summed E-state index contributed by atoms with van der Waals surface area (Å²) in [5.74, 6) is 0. The summed E-state index contributed by atoms with van der Waals surface area (Å²) in [6, 6.07) is 14.7. The van der Waals surface area contributed by atoms with Gasteiger partial charge in [0.25, 0.3) is 0 Å². The first kappa shape index (κ1) is 9.48. The fourth-order valence-corrected chi connectivity index (χ4v) is 2.42. The van der Waals surface area contributed by atoms with Gasteiger partial charge in [-0.1, -0.05) is 47.7 Å². The third kappa shape index (κ3) is 1.59. The fourth-order valence-electron chi connectivity index (χ4n) is 1.74. The van der Waals surface area contributed by atoms with Crippen LogP contribution in [0.5, 0.6) is 0 Å². The number of aryl methyl sites for hydroxylation is 1. The van der Waals surface area contributed by atoms with Gasteiger partial charge in [0, 0.05) is 5.56 Å². The second-order valence-electron chi connectivity index (χ2n) is 3.69. The van der Waals surface area contributed by atoms with Crippen molar-refractivity contribution < 1.29 is 0 Å². The minimum Gasteiger partial charge on any atom is -0.143 e. The van der Waals surface area contributed by atoms with Crippen LogP contribution in [-0.4, -0.2) is 10.2 Å². The van der Waals surface area contributed by atoms with E-state index in [-0.39, 0.29) is 0 Å². The van der Waals surface area contributed by atoms with E-state index in [1.807, 2.05) is 6.92 Å². The van der Waals surface area contributed by atoms with E-state index >= 15 is 0 Å². The topological polar surface area (TPSA) is 25.8 Å². The van der Waals surface area contributed by atoms with Crippen LogP contribution in [0.1, 0.15) is 5.01 Å². The zero-order valence-corrected chi connectivity index (χ0v) is 9.66. The molecule has 0 aliphatic heterocycles. The summed E-state index contributed by atoms with van der Waals surface area (Å²) in [4.78, 5) is 0. The van der Waals surface area contributed by atoms with Gasteiger partial charge in [-0.2, -0.15) is 0 Å². The van der Waals surface area contributed by atoms with Crippen molar-refractivity contribution in [3.8, 4) is 10.6 Å². The Morgan fingerprint density at radius 3 is 2.50 bits per heavy atom. The third-order valence-corrected chi connectivity index (χ3v) is 3.41. The van der Waals surface area contributed by atoms with Gasteiger partial charge >= 0.3 is 0 Å². The van der Waals surface area contributed by atoms with E-state index in [1.165, 1.54) is 10.8 Å². The van der Waals surface area contributed by atoms with Crippen molar-refractivity contribution in [1.82, 2.24) is 10.2 Å². The van der Waals surface area contributed by atoms with Crippen LogP contribution in [0.2, 0.25) is 0 Å². The number of nitrogens with zero attached hydrogens (tertiary/aromatic N) is 2. The van der Waals surface area contributed by atoms with Crippen LogP contribution in [0.3, 0.4) is 0 Å². The number of benzene rings is 2. The summed E-state index contributed by atoms with van der Waals surface area (Å²) in [6.45, 7) is 1.97. The zero-order chi connectivity index (χ0) is 11.0. The summed E-state index contributed by atoms with van der Waals surface area (Å²) >= 11 is 1.63. The van der Waals surface area contributed by atoms with Crippen LogP contribution < -0.4 is 0 Å². The molecule has 0 atom stereocenters. The maximum atomic E-state index is 4.16. The molecule has 3 aromatic rings. The highest BCUT2D eigenvalue weighted by Gasteiger charge is 2.04. The molecule has 0 fully saturated rings. The van der Waals surface area contributed by atoms with Crippen LogP contribution in [-0.2, 0) is 0 Å². The Hall–Kier alpha value is -1.74. The molecule has 0 amide bonds. The van der Waals surface area contributed by atoms with E-state index in [2.05, 4.69) is 52.7 Å². The average molecular weight is 226 g/mol. The molecule has 0 saturated heterocycles. The summed E-state index contributed by atoms with van der Waals surface area (Å²) < 4.78 is 0. The Morgan fingerprint density at radius 1 is 0.938 bits per heavy atom. The second-order valence-corrected chi connectivity index (χ2v) is 4.87. The first-order valence-corrected chi connectivity index (χ1v) is 5.94. The molecule has 0 aliphatic rings. The SMILES string of the molecule is Cc1nnc(-c2ccc3ccccc3c2)s1. The summed E-state index contributed by atoms with van der Waals surface area (Å²) in [5.41, 5.74) is 1.14. The molecular formula is C13H10N2S. The molecule has 0 bridgehead atoms. The molecule has 16 heavy (non-hydrogen) atoms. The summed E-state index contributed by atoms with van der Waals surface area (Å²) in [7, 11) is 0. The molecule has 3 rings (SSSR count). The standard InChI is InChI=1S/C13H10N2S/c1-9-14-15-13(16-9)12-7-6-10-4-2-3-5-11(10)8-12/h2-8H,1H3. The van der Waals surface area contributed by atoms with E-state index < -0.39 is 0 Å². The van der Waals surface area contributed by atoms with Crippen LogP contribution in [0.15, 0.2) is 42.5 Å². The van der Waals surface area contributed by atoms with Gasteiger partial charge in [0.05, 0.1) is 0 Å². The van der Waals surface area contributed by atoms with Gasteiger partial charge in [0.1, 0.15) is 10.0 Å². The van der Waals surface area contributed by atoms with Crippen molar-refractivity contribution in [1.29, 1.82) is 0 Å². The van der Waals surface area contributed by atoms with Crippen LogP contribution >= 0.6 is 11.3 Å². The predicted octanol–water partition coefficient (Wildman–Crippen LogP) is 3.67. The second kappa shape index (κ2) is 3.68. The molecule has 2 aromatic carbocycles. The number of hydrogen-bond acceptors (Lipinski definition) is 3. The number of hydrogen-bond donors (Lipinski definition) is 0. The molecule has 1 heterocycles. The smallest absolute Gasteiger partial charge is 0.143 e. The molecule has 0 aliphatic carbocycles. The van der Waals surface area contributed by atoms with E-state index in [0.717, 1.165) is 15.6 Å². The summed E-state index contributed by atoms with van der Waals surface area (Å²) in [5, 5.41) is 12.7. The lowest BCUT2D eigenvalue weighted by atomic mass is 10.1. The molecule has 3 heteroatoms. The first-order chi connectivity index (χ1) is 7.83. The monoisotopic (exact) mass is 226 g/mol. The molecule has 0 saturated carbocycles. The first-order valence-electron chi connectivity index (χ1n) is 5.12. The Balaban J connectivity index is 2.18. The lowest BCUT2D eigenvalue weighted by Gasteiger charge is -1.99. The van der Waals surface area contributed by atoms with Gasteiger partial charge in [0.15, 0.2) is 0 Å². The normalized spacial score (nSPS) is 10.8. The third-order valence-electron chi connectivity index (χ3n) is 2.52. The molecule has 2 nitrogen and oxygen atoms in total. The van der Waals surface area contributed by atoms with Crippen molar-refractivity contribution >= 4 is 22.1 Å². The zero-order valence-electron chi connectivity index (χ0n) is 8.84. The van der Waals surface area contributed by atoms with Crippen molar-refractivity contribution in [2.24, 2.45) is 0 Å². The molecular weight excluding hydrogens is 216 g/mol. The highest BCUT2D eigenvalue weighted by atomic mass is 32.1. The van der Waals surface area contributed by atoms with Crippen LogP contribution in [0.25, 0.3) is 21.3 Å². The van der Waals surface area contributed by atoms with Crippen molar-refractivity contribution in [3.63, 3.8) is 0 Å². The van der Waals surface area contributed by atoms with E-state index in [4.69, 9.17) is 0 Å². The summed E-state index contributed by atoms with van der Waals surface area (Å²) in [6.07, 6.45) is 0. The van der Waals surface area contributed by atoms with Gasteiger partial charge in [-0.05, 0) is 23.8 Å². The molecule has 1 aromatic heterocycles. The Labute approximate surface area is 97.6 Å². The lowest BCUT2D eigenvalue weighted by Crippen LogP contribution is -1.78. The Kier molecular flexibility index (Phi) is 2.18. The van der Waals surface area contributed by atoms with Gasteiger partial charge in [-0.3, -0.25) is 0 Å². The van der Waals surface area contributed by atoms with E-state index in [1.54, 1.807) is 11.3 Å².